The smallest absolute Gasteiger partial charge is 0.269 e. The number of carbonyl (C=O) groups excluding carboxylic acids is 1. The molecule has 6 nitrogen and oxygen atoms in total. The molecule has 0 saturated heterocycles. The average Bonchev–Trinajstić information content (AvgIpc) is 3.28. The van der Waals surface area contributed by atoms with E-state index in [0.29, 0.717) is 12.2 Å². The highest BCUT2D eigenvalue weighted by atomic mass is 16.2. The minimum atomic E-state index is -0.0806. The molecule has 1 aromatic carbocycles. The van der Waals surface area contributed by atoms with E-state index in [1.54, 1.807) is 24.0 Å². The van der Waals surface area contributed by atoms with Gasteiger partial charge in [0.05, 0.1) is 0 Å². The van der Waals surface area contributed by atoms with Crippen LogP contribution in [0.2, 0.25) is 0 Å². The molecular formula is C20H23N5O. The van der Waals surface area contributed by atoms with Crippen LogP contribution in [0.3, 0.4) is 0 Å². The van der Waals surface area contributed by atoms with E-state index in [9.17, 15) is 4.79 Å². The van der Waals surface area contributed by atoms with Gasteiger partial charge in [0.1, 0.15) is 5.69 Å². The summed E-state index contributed by atoms with van der Waals surface area (Å²) in [5.41, 5.74) is 3.18. The van der Waals surface area contributed by atoms with Crippen molar-refractivity contribution in [1.82, 2.24) is 24.6 Å². The molecule has 1 unspecified atom stereocenters. The predicted molar refractivity (Wildman–Crippen MR) is 99.5 cm³/mol. The zero-order chi connectivity index (χ0) is 17.9. The maximum Gasteiger partial charge on any atom is 0.269 e. The van der Waals surface area contributed by atoms with E-state index in [1.165, 1.54) is 11.3 Å². The molecule has 0 bridgehead atoms. The lowest BCUT2D eigenvalue weighted by Gasteiger charge is -2.37. The first-order valence-electron chi connectivity index (χ1n) is 8.89. The molecule has 134 valence electrons. The largest absolute Gasteiger partial charge is 0.349 e. The third-order valence-corrected chi connectivity index (χ3v) is 4.99. The van der Waals surface area contributed by atoms with Crippen molar-refractivity contribution < 1.29 is 4.79 Å². The third-order valence-electron chi connectivity index (χ3n) is 4.99. The molecule has 3 heterocycles. The van der Waals surface area contributed by atoms with Crippen molar-refractivity contribution in [2.45, 2.75) is 25.7 Å². The summed E-state index contributed by atoms with van der Waals surface area (Å²) in [5.74, 6) is -0.0806. The molecule has 1 amide bonds. The lowest BCUT2D eigenvalue weighted by atomic mass is 10.1. The van der Waals surface area contributed by atoms with Gasteiger partial charge in [0, 0.05) is 57.4 Å². The monoisotopic (exact) mass is 349 g/mol. The number of rotatable bonds is 5. The molecule has 26 heavy (non-hydrogen) atoms. The van der Waals surface area contributed by atoms with E-state index in [0.717, 1.165) is 19.6 Å². The molecule has 1 aliphatic heterocycles. The fourth-order valence-corrected chi connectivity index (χ4v) is 3.55. The quantitative estimate of drug-likeness (QED) is 0.767. The van der Waals surface area contributed by atoms with E-state index in [4.69, 9.17) is 0 Å². The number of fused-ring (bicyclic) bond motifs is 1. The van der Waals surface area contributed by atoms with Gasteiger partial charge < -0.3 is 9.88 Å². The summed E-state index contributed by atoms with van der Waals surface area (Å²) in [4.78, 5) is 14.9. The first-order chi connectivity index (χ1) is 12.7. The summed E-state index contributed by atoms with van der Waals surface area (Å²) in [7, 11) is 1.78. The van der Waals surface area contributed by atoms with Gasteiger partial charge in [0.2, 0.25) is 0 Å². The van der Waals surface area contributed by atoms with Gasteiger partial charge in [0.25, 0.3) is 5.91 Å². The van der Waals surface area contributed by atoms with Gasteiger partial charge in [-0.05, 0) is 23.8 Å². The Kier molecular flexibility index (Phi) is 4.58. The Morgan fingerprint density at radius 1 is 1.19 bits per heavy atom. The number of hydrogen-bond donors (Lipinski definition) is 1. The Morgan fingerprint density at radius 3 is 2.81 bits per heavy atom. The van der Waals surface area contributed by atoms with E-state index in [1.807, 2.05) is 6.07 Å². The van der Waals surface area contributed by atoms with Gasteiger partial charge in [-0.3, -0.25) is 14.4 Å². The first-order valence-corrected chi connectivity index (χ1v) is 8.89. The van der Waals surface area contributed by atoms with Crippen molar-refractivity contribution in [2.24, 2.45) is 7.05 Å². The van der Waals surface area contributed by atoms with Crippen LogP contribution in [0.4, 0.5) is 0 Å². The van der Waals surface area contributed by atoms with Gasteiger partial charge in [-0.2, -0.15) is 5.10 Å². The number of carbonyl (C=O) groups is 1. The Morgan fingerprint density at radius 2 is 2.04 bits per heavy atom. The Bertz CT molecular complexity index is 883. The van der Waals surface area contributed by atoms with Gasteiger partial charge in [0.15, 0.2) is 0 Å². The standard InChI is InChI=1S/C20H23N5O/c1-23-19(9-10-22-23)20(26)21-12-18-15-24-11-5-8-17(24)14-25(18)13-16-6-3-2-4-7-16/h2-11,18H,12-15H2,1H3,(H,21,26). The molecule has 2 aromatic heterocycles. The second-order valence-electron chi connectivity index (χ2n) is 6.75. The van der Waals surface area contributed by atoms with E-state index in [-0.39, 0.29) is 11.9 Å². The zero-order valence-electron chi connectivity index (χ0n) is 14.9. The third kappa shape index (κ3) is 3.41. The van der Waals surface area contributed by atoms with Gasteiger partial charge in [-0.15, -0.1) is 0 Å². The summed E-state index contributed by atoms with van der Waals surface area (Å²) >= 11 is 0. The molecule has 0 aliphatic carbocycles. The van der Waals surface area contributed by atoms with Crippen molar-refractivity contribution in [1.29, 1.82) is 0 Å². The van der Waals surface area contributed by atoms with Crippen LogP contribution in [0.25, 0.3) is 0 Å². The summed E-state index contributed by atoms with van der Waals surface area (Å²) in [6, 6.07) is 16.7. The summed E-state index contributed by atoms with van der Waals surface area (Å²) in [6.45, 7) is 3.24. The Labute approximate surface area is 153 Å². The predicted octanol–water partition coefficient (Wildman–Crippen LogP) is 2.04. The van der Waals surface area contributed by atoms with Crippen LogP contribution in [-0.4, -0.2) is 37.7 Å². The van der Waals surface area contributed by atoms with Crippen molar-refractivity contribution >= 4 is 5.91 Å². The number of hydrogen-bond acceptors (Lipinski definition) is 3. The van der Waals surface area contributed by atoms with E-state index >= 15 is 0 Å². The maximum atomic E-state index is 12.4. The fraction of sp³-hybridized carbons (Fsp3) is 0.300. The van der Waals surface area contributed by atoms with Gasteiger partial charge in [-0.25, -0.2) is 0 Å². The molecule has 0 radical (unpaired) electrons. The number of nitrogens with zero attached hydrogens (tertiary/aromatic N) is 4. The van der Waals surface area contributed by atoms with Crippen molar-refractivity contribution in [3.8, 4) is 0 Å². The fourth-order valence-electron chi connectivity index (χ4n) is 3.55. The first kappa shape index (κ1) is 16.6. The van der Waals surface area contributed by atoms with Crippen LogP contribution in [-0.2, 0) is 26.7 Å². The highest BCUT2D eigenvalue weighted by molar-refractivity contribution is 5.92. The lowest BCUT2D eigenvalue weighted by Crippen LogP contribution is -2.48. The van der Waals surface area contributed by atoms with Gasteiger partial charge in [-0.1, -0.05) is 30.3 Å². The zero-order valence-corrected chi connectivity index (χ0v) is 14.9. The number of amides is 1. The topological polar surface area (TPSA) is 55.1 Å². The van der Waals surface area contributed by atoms with Crippen LogP contribution in [0.15, 0.2) is 60.9 Å². The van der Waals surface area contributed by atoms with Crippen LogP contribution in [0, 0.1) is 0 Å². The highest BCUT2D eigenvalue weighted by Crippen LogP contribution is 2.20. The second-order valence-corrected chi connectivity index (χ2v) is 6.75. The molecule has 6 heteroatoms. The van der Waals surface area contributed by atoms with E-state index < -0.39 is 0 Å². The minimum absolute atomic E-state index is 0.0806. The molecule has 0 fully saturated rings. The van der Waals surface area contributed by atoms with Crippen LogP contribution < -0.4 is 5.32 Å². The van der Waals surface area contributed by atoms with Crippen molar-refractivity contribution in [2.75, 3.05) is 6.54 Å². The second kappa shape index (κ2) is 7.17. The van der Waals surface area contributed by atoms with Crippen LogP contribution in [0.1, 0.15) is 21.7 Å². The number of aryl methyl sites for hydroxylation is 1. The van der Waals surface area contributed by atoms with Crippen LogP contribution in [0.5, 0.6) is 0 Å². The molecule has 3 aromatic rings. The Hall–Kier alpha value is -2.86. The summed E-state index contributed by atoms with van der Waals surface area (Å²) in [5, 5.41) is 7.15. The average molecular weight is 349 g/mol. The molecule has 4 rings (SSSR count). The van der Waals surface area contributed by atoms with Crippen LogP contribution >= 0.6 is 0 Å². The number of benzene rings is 1. The maximum absolute atomic E-state index is 12.4. The van der Waals surface area contributed by atoms with Crippen molar-refractivity contribution in [3.63, 3.8) is 0 Å². The molecule has 0 saturated carbocycles. The number of nitrogens with one attached hydrogen (secondary N) is 1. The molecule has 1 aliphatic rings. The SMILES string of the molecule is Cn1nccc1C(=O)NCC1Cn2cccc2CN1Cc1ccccc1. The minimum Gasteiger partial charge on any atom is -0.349 e. The molecular weight excluding hydrogens is 326 g/mol. The molecule has 1 atom stereocenters. The normalized spacial score (nSPS) is 17.0. The highest BCUT2D eigenvalue weighted by Gasteiger charge is 2.26. The summed E-state index contributed by atoms with van der Waals surface area (Å²) in [6.07, 6.45) is 3.76. The molecule has 0 spiro atoms. The Balaban J connectivity index is 1.48. The number of aromatic nitrogens is 3. The van der Waals surface area contributed by atoms with Gasteiger partial charge >= 0.3 is 0 Å². The van der Waals surface area contributed by atoms with Crippen molar-refractivity contribution in [3.05, 3.63) is 77.9 Å². The lowest BCUT2D eigenvalue weighted by molar-refractivity contribution is 0.0889. The van der Waals surface area contributed by atoms with E-state index in [2.05, 4.69) is 62.5 Å². The molecule has 1 N–H and O–H groups in total. The summed E-state index contributed by atoms with van der Waals surface area (Å²) < 4.78 is 3.88.